The van der Waals surface area contributed by atoms with E-state index >= 15 is 0 Å². The van der Waals surface area contributed by atoms with Gasteiger partial charge in [-0.1, -0.05) is 69.3 Å². The molecule has 34 heavy (non-hydrogen) atoms. The number of carbonyl (C=O) groups excluding carboxylic acids is 1. The van der Waals surface area contributed by atoms with Crippen LogP contribution in [0, 0.1) is 5.41 Å². The van der Waals surface area contributed by atoms with E-state index in [1.54, 1.807) is 0 Å². The Morgan fingerprint density at radius 3 is 2.35 bits per heavy atom. The van der Waals surface area contributed by atoms with Gasteiger partial charge in [-0.05, 0) is 67.1 Å². The summed E-state index contributed by atoms with van der Waals surface area (Å²) in [6.45, 7) is 7.64. The molecule has 2 N–H and O–H groups in total. The van der Waals surface area contributed by atoms with Crippen LogP contribution in [0.3, 0.4) is 0 Å². The van der Waals surface area contributed by atoms with Crippen LogP contribution >= 0.6 is 0 Å². The van der Waals surface area contributed by atoms with Crippen molar-refractivity contribution in [1.29, 1.82) is 0 Å². The molecular weight excluding hydrogens is 418 g/mol. The van der Waals surface area contributed by atoms with E-state index in [0.717, 1.165) is 25.7 Å². The lowest BCUT2D eigenvalue weighted by Crippen LogP contribution is -2.60. The van der Waals surface area contributed by atoms with Gasteiger partial charge in [-0.3, -0.25) is 4.79 Å². The molecule has 1 amide bonds. The van der Waals surface area contributed by atoms with Crippen molar-refractivity contribution < 1.29 is 4.79 Å². The Bertz CT molecular complexity index is 1010. The summed E-state index contributed by atoms with van der Waals surface area (Å²) in [5.74, 6) is 0.812. The SMILES string of the molecule is CN1c2ccccc2C2(C)C1C[C@@H](NC(=O)CN[C@H]1CC[C@H](c3ccccc3)CC1)CC2(C)C. The second-order valence-electron chi connectivity index (χ2n) is 11.8. The second-order valence-corrected chi connectivity index (χ2v) is 11.8. The molecule has 2 aliphatic carbocycles. The van der Waals surface area contributed by atoms with Gasteiger partial charge in [-0.15, -0.1) is 0 Å². The third-order valence-corrected chi connectivity index (χ3v) is 9.56. The van der Waals surface area contributed by atoms with Gasteiger partial charge in [0.1, 0.15) is 0 Å². The molecule has 4 nitrogen and oxygen atoms in total. The van der Waals surface area contributed by atoms with Gasteiger partial charge >= 0.3 is 0 Å². The summed E-state index contributed by atoms with van der Waals surface area (Å²) in [5, 5.41) is 6.96. The summed E-state index contributed by atoms with van der Waals surface area (Å²) < 4.78 is 0. The molecule has 0 saturated heterocycles. The van der Waals surface area contributed by atoms with Crippen molar-refractivity contribution in [3.63, 3.8) is 0 Å². The maximum Gasteiger partial charge on any atom is 0.234 e. The fourth-order valence-electron chi connectivity index (χ4n) is 7.33. The zero-order valence-corrected chi connectivity index (χ0v) is 21.3. The lowest BCUT2D eigenvalue weighted by Gasteiger charge is -2.53. The molecule has 1 aliphatic heterocycles. The van der Waals surface area contributed by atoms with Crippen LogP contribution in [0.1, 0.15) is 76.3 Å². The first-order valence-corrected chi connectivity index (χ1v) is 13.2. The van der Waals surface area contributed by atoms with Gasteiger partial charge in [0.2, 0.25) is 5.91 Å². The van der Waals surface area contributed by atoms with E-state index in [2.05, 4.69) is 97.9 Å². The number of anilines is 1. The van der Waals surface area contributed by atoms with Crippen molar-refractivity contribution >= 4 is 11.6 Å². The molecule has 0 aromatic heterocycles. The smallest absolute Gasteiger partial charge is 0.234 e. The third-order valence-electron chi connectivity index (χ3n) is 9.56. The molecule has 3 atom stereocenters. The van der Waals surface area contributed by atoms with E-state index < -0.39 is 0 Å². The minimum absolute atomic E-state index is 0.0925. The topological polar surface area (TPSA) is 44.4 Å². The first-order valence-electron chi connectivity index (χ1n) is 13.2. The van der Waals surface area contributed by atoms with Gasteiger partial charge < -0.3 is 15.5 Å². The van der Waals surface area contributed by atoms with Crippen LogP contribution in [0.15, 0.2) is 54.6 Å². The Morgan fingerprint density at radius 2 is 1.62 bits per heavy atom. The number of para-hydroxylation sites is 1. The number of carbonyl (C=O) groups is 1. The van der Waals surface area contributed by atoms with Crippen LogP contribution < -0.4 is 15.5 Å². The number of likely N-dealkylation sites (N-methyl/N-ethyl adjacent to an activating group) is 1. The number of amides is 1. The molecule has 0 bridgehead atoms. The first-order chi connectivity index (χ1) is 16.3. The number of fused-ring (bicyclic) bond motifs is 3. The zero-order valence-electron chi connectivity index (χ0n) is 21.3. The minimum atomic E-state index is 0.0925. The molecule has 2 saturated carbocycles. The third kappa shape index (κ3) is 4.04. The molecule has 4 heteroatoms. The Hall–Kier alpha value is -2.33. The summed E-state index contributed by atoms with van der Waals surface area (Å²) in [6.07, 6.45) is 6.70. The van der Waals surface area contributed by atoms with E-state index in [4.69, 9.17) is 0 Å². The van der Waals surface area contributed by atoms with Crippen LogP contribution in [-0.4, -0.2) is 37.6 Å². The highest BCUT2D eigenvalue weighted by Gasteiger charge is 2.58. The predicted molar refractivity (Wildman–Crippen MR) is 140 cm³/mol. The fraction of sp³-hybridized carbons (Fsp3) is 0.567. The van der Waals surface area contributed by atoms with E-state index in [9.17, 15) is 4.79 Å². The van der Waals surface area contributed by atoms with Gasteiger partial charge in [0.15, 0.2) is 0 Å². The summed E-state index contributed by atoms with van der Waals surface area (Å²) in [7, 11) is 2.22. The molecule has 2 fully saturated rings. The Kier molecular flexibility index (Phi) is 6.22. The summed E-state index contributed by atoms with van der Waals surface area (Å²) in [4.78, 5) is 15.4. The van der Waals surface area contributed by atoms with Crippen molar-refractivity contribution in [3.05, 3.63) is 65.7 Å². The Morgan fingerprint density at radius 1 is 0.941 bits per heavy atom. The van der Waals surface area contributed by atoms with Gasteiger partial charge in [0.05, 0.1) is 6.54 Å². The maximum absolute atomic E-state index is 12.9. The molecule has 2 aromatic carbocycles. The lowest BCUT2D eigenvalue weighted by atomic mass is 9.54. The molecule has 2 aromatic rings. The highest BCUT2D eigenvalue weighted by molar-refractivity contribution is 5.78. The number of hydrogen-bond donors (Lipinski definition) is 2. The summed E-state index contributed by atoms with van der Waals surface area (Å²) in [6, 6.07) is 20.8. The van der Waals surface area contributed by atoms with Gasteiger partial charge in [0, 0.05) is 36.3 Å². The highest BCUT2D eigenvalue weighted by atomic mass is 16.2. The summed E-state index contributed by atoms with van der Waals surface area (Å²) in [5.41, 5.74) is 4.46. The molecule has 3 aliphatic rings. The van der Waals surface area contributed by atoms with Gasteiger partial charge in [-0.25, -0.2) is 0 Å². The molecule has 0 radical (unpaired) electrons. The van der Waals surface area contributed by atoms with Crippen LogP contribution in [-0.2, 0) is 10.2 Å². The van der Waals surface area contributed by atoms with E-state index in [1.165, 1.54) is 29.7 Å². The van der Waals surface area contributed by atoms with E-state index in [-0.39, 0.29) is 22.8 Å². The fourth-order valence-corrected chi connectivity index (χ4v) is 7.33. The van der Waals surface area contributed by atoms with Crippen LogP contribution in [0.4, 0.5) is 5.69 Å². The monoisotopic (exact) mass is 459 g/mol. The highest BCUT2D eigenvalue weighted by Crippen LogP contribution is 2.59. The van der Waals surface area contributed by atoms with Crippen LogP contribution in [0.25, 0.3) is 0 Å². The molecule has 5 rings (SSSR count). The van der Waals surface area contributed by atoms with Crippen molar-refractivity contribution in [2.24, 2.45) is 5.41 Å². The van der Waals surface area contributed by atoms with E-state index in [0.29, 0.717) is 24.5 Å². The summed E-state index contributed by atoms with van der Waals surface area (Å²) >= 11 is 0. The number of hydrogen-bond acceptors (Lipinski definition) is 3. The molecule has 2 unspecified atom stereocenters. The van der Waals surface area contributed by atoms with Crippen LogP contribution in [0.2, 0.25) is 0 Å². The number of nitrogens with zero attached hydrogens (tertiary/aromatic N) is 1. The number of nitrogens with one attached hydrogen (secondary N) is 2. The largest absolute Gasteiger partial charge is 0.370 e. The lowest BCUT2D eigenvalue weighted by molar-refractivity contribution is -0.121. The maximum atomic E-state index is 12.9. The predicted octanol–water partition coefficient (Wildman–Crippen LogP) is 5.38. The van der Waals surface area contributed by atoms with Crippen molar-refractivity contribution in [1.82, 2.24) is 10.6 Å². The van der Waals surface area contributed by atoms with Crippen molar-refractivity contribution in [2.45, 2.75) is 88.8 Å². The average molecular weight is 460 g/mol. The Balaban J connectivity index is 1.15. The van der Waals surface area contributed by atoms with Crippen LogP contribution in [0.5, 0.6) is 0 Å². The average Bonchev–Trinajstić information content (AvgIpc) is 3.07. The molecular formula is C30H41N3O. The molecule has 182 valence electrons. The minimum Gasteiger partial charge on any atom is -0.370 e. The van der Waals surface area contributed by atoms with Crippen molar-refractivity contribution in [3.8, 4) is 0 Å². The molecule has 0 spiro atoms. The zero-order chi connectivity index (χ0) is 23.9. The quantitative estimate of drug-likeness (QED) is 0.631. The first kappa shape index (κ1) is 23.4. The van der Waals surface area contributed by atoms with Gasteiger partial charge in [0.25, 0.3) is 0 Å². The standard InChI is InChI=1S/C30H41N3O/c1-29(2)19-24(18-27-30(29,3)25-12-8-9-13-26(25)33(27)4)32-28(34)20-31-23-16-14-22(15-17-23)21-10-6-5-7-11-21/h5-13,22-24,27,31H,14-20H2,1-4H3,(H,32,34)/t22-,23-,24-,27?,30?/m1/s1. The van der Waals surface area contributed by atoms with E-state index in [1.807, 2.05) is 0 Å². The molecule has 1 heterocycles. The normalized spacial score (nSPS) is 32.1. The Labute approximate surface area is 205 Å². The number of rotatable bonds is 5. The van der Waals surface area contributed by atoms with Gasteiger partial charge in [-0.2, -0.15) is 0 Å². The number of benzene rings is 2. The second kappa shape index (κ2) is 9.03. The van der Waals surface area contributed by atoms with Crippen molar-refractivity contribution in [2.75, 3.05) is 18.5 Å².